The largest absolute Gasteiger partial charge is 0.462 e. The van der Waals surface area contributed by atoms with E-state index in [1.807, 2.05) is 0 Å². The van der Waals surface area contributed by atoms with Crippen LogP contribution in [-0.4, -0.2) is 37.2 Å². The zero-order valence-electron chi connectivity index (χ0n) is 49.0. The van der Waals surface area contributed by atoms with Gasteiger partial charge in [-0.2, -0.15) is 0 Å². The molecule has 0 aliphatic rings. The molecule has 1 unspecified atom stereocenters. The van der Waals surface area contributed by atoms with Crippen LogP contribution in [-0.2, 0) is 28.6 Å². The quantitative estimate of drug-likeness (QED) is 0.0261. The molecule has 1 atom stereocenters. The number of rotatable bonds is 54. The van der Waals surface area contributed by atoms with Gasteiger partial charge >= 0.3 is 17.9 Å². The summed E-state index contributed by atoms with van der Waals surface area (Å²) in [5.41, 5.74) is 0. The first-order valence-corrected chi connectivity index (χ1v) is 30.8. The van der Waals surface area contributed by atoms with Crippen molar-refractivity contribution in [3.05, 3.63) is 146 Å². The third-order valence-electron chi connectivity index (χ3n) is 12.6. The molecule has 0 aromatic heterocycles. The maximum atomic E-state index is 12.8. The fraction of sp³-hybridized carbons (Fsp3) is 0.614. The third-order valence-corrected chi connectivity index (χ3v) is 12.6. The van der Waals surface area contributed by atoms with Crippen molar-refractivity contribution >= 4 is 17.9 Å². The molecule has 76 heavy (non-hydrogen) atoms. The highest BCUT2D eigenvalue weighted by molar-refractivity contribution is 5.71. The number of carbonyl (C=O) groups is 3. The summed E-state index contributed by atoms with van der Waals surface area (Å²) in [5.74, 6) is -0.952. The Morgan fingerprint density at radius 1 is 0.276 bits per heavy atom. The number of unbranched alkanes of at least 4 members (excludes halogenated alkanes) is 19. The molecule has 0 saturated heterocycles. The van der Waals surface area contributed by atoms with E-state index in [9.17, 15) is 14.4 Å². The van der Waals surface area contributed by atoms with E-state index >= 15 is 0 Å². The van der Waals surface area contributed by atoms with Crippen molar-refractivity contribution in [2.24, 2.45) is 0 Å². The van der Waals surface area contributed by atoms with Crippen molar-refractivity contribution in [2.75, 3.05) is 13.2 Å². The molecular weight excluding hydrogens is 937 g/mol. The molecule has 0 saturated carbocycles. The second-order valence-corrected chi connectivity index (χ2v) is 19.9. The molecule has 0 amide bonds. The van der Waals surface area contributed by atoms with Gasteiger partial charge in [0.25, 0.3) is 0 Å². The summed E-state index contributed by atoms with van der Waals surface area (Å²) in [6.07, 6.45) is 90.0. The van der Waals surface area contributed by atoms with E-state index in [1.165, 1.54) is 57.8 Å². The van der Waals surface area contributed by atoms with Gasteiger partial charge in [0.2, 0.25) is 0 Å². The van der Waals surface area contributed by atoms with Gasteiger partial charge in [-0.1, -0.05) is 263 Å². The normalized spacial score (nSPS) is 13.1. The summed E-state index contributed by atoms with van der Waals surface area (Å²) in [7, 11) is 0. The highest BCUT2D eigenvalue weighted by Gasteiger charge is 2.19. The van der Waals surface area contributed by atoms with Crippen LogP contribution in [0.2, 0.25) is 0 Å². The lowest BCUT2D eigenvalue weighted by Crippen LogP contribution is -2.30. The number of hydrogen-bond donors (Lipinski definition) is 0. The molecule has 0 radical (unpaired) electrons. The third kappa shape index (κ3) is 60.2. The first-order chi connectivity index (χ1) is 37.5. The van der Waals surface area contributed by atoms with Gasteiger partial charge in [-0.15, -0.1) is 0 Å². The summed E-state index contributed by atoms with van der Waals surface area (Å²) in [4.78, 5) is 38.1. The van der Waals surface area contributed by atoms with Gasteiger partial charge in [-0.25, -0.2) is 0 Å². The van der Waals surface area contributed by atoms with Gasteiger partial charge in [0.15, 0.2) is 6.10 Å². The average Bonchev–Trinajstić information content (AvgIpc) is 3.42. The Balaban J connectivity index is 4.30. The molecule has 0 aromatic carbocycles. The summed E-state index contributed by atoms with van der Waals surface area (Å²) >= 11 is 0. The van der Waals surface area contributed by atoms with Crippen LogP contribution in [0.4, 0.5) is 0 Å². The van der Waals surface area contributed by atoms with Crippen molar-refractivity contribution in [3.8, 4) is 0 Å². The van der Waals surface area contributed by atoms with Crippen molar-refractivity contribution in [3.63, 3.8) is 0 Å². The van der Waals surface area contributed by atoms with Gasteiger partial charge in [-0.3, -0.25) is 14.4 Å². The number of allylic oxidation sites excluding steroid dienone is 24. The van der Waals surface area contributed by atoms with E-state index < -0.39 is 6.10 Å². The van der Waals surface area contributed by atoms with E-state index in [4.69, 9.17) is 14.2 Å². The van der Waals surface area contributed by atoms with Crippen molar-refractivity contribution in [1.29, 1.82) is 0 Å². The summed E-state index contributed by atoms with van der Waals surface area (Å²) < 4.78 is 16.8. The number of hydrogen-bond acceptors (Lipinski definition) is 6. The maximum absolute atomic E-state index is 12.8. The lowest BCUT2D eigenvalue weighted by atomic mass is 10.0. The number of esters is 3. The minimum absolute atomic E-state index is 0.0986. The summed E-state index contributed by atoms with van der Waals surface area (Å²) in [5, 5.41) is 0. The first kappa shape index (κ1) is 71.3. The fourth-order valence-electron chi connectivity index (χ4n) is 8.04. The van der Waals surface area contributed by atoms with Gasteiger partial charge in [0, 0.05) is 19.3 Å². The van der Waals surface area contributed by atoms with E-state index in [2.05, 4.69) is 167 Å². The lowest BCUT2D eigenvalue weighted by Gasteiger charge is -2.18. The maximum Gasteiger partial charge on any atom is 0.306 e. The molecule has 0 N–H and O–H groups in total. The Kier molecular flexibility index (Phi) is 58.9. The van der Waals surface area contributed by atoms with Crippen LogP contribution in [0.15, 0.2) is 146 Å². The molecule has 0 rings (SSSR count). The van der Waals surface area contributed by atoms with E-state index in [0.29, 0.717) is 12.8 Å². The Labute approximate surface area is 467 Å². The molecule has 6 nitrogen and oxygen atoms in total. The molecule has 428 valence electrons. The summed E-state index contributed by atoms with van der Waals surface area (Å²) in [6, 6.07) is 0. The molecule has 0 heterocycles. The molecular formula is C70H112O6. The molecule has 0 aromatic rings. The number of ether oxygens (including phenoxy) is 3. The molecule has 0 aliphatic heterocycles. The van der Waals surface area contributed by atoms with Crippen LogP contribution >= 0.6 is 0 Å². The second kappa shape index (κ2) is 62.8. The number of carbonyl (C=O) groups excluding carboxylic acids is 3. The minimum atomic E-state index is -0.805. The van der Waals surface area contributed by atoms with Crippen LogP contribution in [0.3, 0.4) is 0 Å². The topological polar surface area (TPSA) is 78.9 Å². The van der Waals surface area contributed by atoms with Gasteiger partial charge in [0.1, 0.15) is 13.2 Å². The zero-order chi connectivity index (χ0) is 55.0. The predicted octanol–water partition coefficient (Wildman–Crippen LogP) is 21.2. The van der Waals surface area contributed by atoms with Crippen LogP contribution in [0.5, 0.6) is 0 Å². The van der Waals surface area contributed by atoms with Gasteiger partial charge in [-0.05, 0) is 122 Å². The molecule has 0 bridgehead atoms. The predicted molar refractivity (Wildman–Crippen MR) is 329 cm³/mol. The van der Waals surface area contributed by atoms with Gasteiger partial charge in [0.05, 0.1) is 0 Å². The molecule has 0 aliphatic carbocycles. The van der Waals surface area contributed by atoms with Crippen molar-refractivity contribution in [1.82, 2.24) is 0 Å². The van der Waals surface area contributed by atoms with Gasteiger partial charge < -0.3 is 14.2 Å². The SMILES string of the molecule is CC/C=C\C/C=C\C/C=C\C/C=C\C/C=C\C/C=C\C/C=C\C/C=C\C/C=C\CCCCCCCC(=O)OCC(COC(=O)CCCCCCCCCCCCCC)OC(=O)CCCCC/C=C\C/C=C\C/C=C\CC. The Morgan fingerprint density at radius 2 is 0.513 bits per heavy atom. The highest BCUT2D eigenvalue weighted by atomic mass is 16.6. The standard InChI is InChI=1S/C70H112O6/c1-4-7-10-13-16-19-22-25-26-27-28-29-30-31-32-33-34-35-36-37-38-39-40-41-42-43-44-46-48-51-54-57-60-63-69(72)75-66-67(65-74-68(71)62-59-56-53-50-47-24-21-18-15-12-9-6-3)76-70(73)64-61-58-55-52-49-45-23-20-17-14-11-8-5-2/h7-8,10-11,16-17,19-20,25-26,28-29,31-32,34-35,37-38,40-41,43-45,49,67H,4-6,9,12-15,18,21-24,27,30,33,36,39,42,46-48,50-66H2,1-3H3/b10-7-,11-8-,19-16-,20-17-,26-25-,29-28-,32-31-,35-34-,38-37-,41-40-,44-43-,49-45-. The van der Waals surface area contributed by atoms with E-state index in [-0.39, 0.29) is 37.5 Å². The highest BCUT2D eigenvalue weighted by Crippen LogP contribution is 2.14. The molecule has 6 heteroatoms. The smallest absolute Gasteiger partial charge is 0.306 e. The lowest BCUT2D eigenvalue weighted by molar-refractivity contribution is -0.167. The fourth-order valence-corrected chi connectivity index (χ4v) is 8.04. The van der Waals surface area contributed by atoms with Crippen molar-refractivity contribution in [2.45, 2.75) is 264 Å². The summed E-state index contributed by atoms with van der Waals surface area (Å²) in [6.45, 7) is 6.36. The van der Waals surface area contributed by atoms with E-state index in [1.54, 1.807) is 0 Å². The van der Waals surface area contributed by atoms with Crippen LogP contribution in [0, 0.1) is 0 Å². The van der Waals surface area contributed by atoms with Crippen LogP contribution < -0.4 is 0 Å². The van der Waals surface area contributed by atoms with Crippen molar-refractivity contribution < 1.29 is 28.6 Å². The first-order valence-electron chi connectivity index (χ1n) is 30.8. The molecule has 0 spiro atoms. The zero-order valence-corrected chi connectivity index (χ0v) is 49.0. The Bertz CT molecular complexity index is 1680. The van der Waals surface area contributed by atoms with Crippen LogP contribution in [0.25, 0.3) is 0 Å². The van der Waals surface area contributed by atoms with E-state index in [0.717, 1.165) is 161 Å². The Morgan fingerprint density at radius 3 is 0.816 bits per heavy atom. The Hall–Kier alpha value is -4.71. The molecule has 0 fully saturated rings. The van der Waals surface area contributed by atoms with Crippen LogP contribution in [0.1, 0.15) is 258 Å². The monoisotopic (exact) mass is 1050 g/mol. The minimum Gasteiger partial charge on any atom is -0.462 e. The average molecular weight is 1050 g/mol. The second-order valence-electron chi connectivity index (χ2n) is 19.9.